The molecule has 136 valence electrons. The molecule has 3 atom stereocenters. The Hall–Kier alpha value is -3.33. The predicted octanol–water partition coefficient (Wildman–Crippen LogP) is 3.41. The van der Waals surface area contributed by atoms with Crippen LogP contribution in [0.2, 0.25) is 0 Å². The molecule has 28 heavy (non-hydrogen) atoms. The first-order chi connectivity index (χ1) is 13.8. The number of H-pyrrole nitrogens is 1. The second-order valence-electron chi connectivity index (χ2n) is 7.81. The van der Waals surface area contributed by atoms with Gasteiger partial charge in [-0.1, -0.05) is 42.5 Å². The van der Waals surface area contributed by atoms with E-state index in [2.05, 4.69) is 83.3 Å². The first-order valence-corrected chi connectivity index (χ1v) is 9.92. The van der Waals surface area contributed by atoms with Gasteiger partial charge in [0.15, 0.2) is 0 Å². The summed E-state index contributed by atoms with van der Waals surface area (Å²) in [4.78, 5) is 8.03. The van der Waals surface area contributed by atoms with Gasteiger partial charge in [0, 0.05) is 45.9 Å². The zero-order chi connectivity index (χ0) is 18.5. The highest BCUT2D eigenvalue weighted by Crippen LogP contribution is 2.30. The van der Waals surface area contributed by atoms with Crippen LogP contribution >= 0.6 is 0 Å². The van der Waals surface area contributed by atoms with Gasteiger partial charge in [0.1, 0.15) is 0 Å². The summed E-state index contributed by atoms with van der Waals surface area (Å²) in [6.07, 6.45) is 21.1. The van der Waals surface area contributed by atoms with Crippen molar-refractivity contribution in [2.24, 2.45) is 11.8 Å². The lowest BCUT2D eigenvalue weighted by atomic mass is 9.83. The SMILES string of the molecule is C1=CC2C=C(C3C=c4c(-c5ccc6[nH]ccc6c5)nccc4=CC3)C=CC2N1. The average Bonchev–Trinajstić information content (AvgIpc) is 3.41. The minimum absolute atomic E-state index is 0.401. The Balaban J connectivity index is 1.46. The monoisotopic (exact) mass is 363 g/mol. The third kappa shape index (κ3) is 2.47. The normalized spacial score (nSPS) is 24.7. The molecule has 3 heterocycles. The van der Waals surface area contributed by atoms with Gasteiger partial charge in [-0.05, 0) is 47.7 Å². The lowest BCUT2D eigenvalue weighted by Gasteiger charge is -2.24. The maximum atomic E-state index is 4.77. The van der Waals surface area contributed by atoms with Crippen LogP contribution in [0.15, 0.2) is 78.8 Å². The number of rotatable bonds is 2. The van der Waals surface area contributed by atoms with E-state index in [1.54, 1.807) is 0 Å². The maximum Gasteiger partial charge on any atom is 0.0777 e. The summed E-state index contributed by atoms with van der Waals surface area (Å²) in [5.74, 6) is 0.872. The quantitative estimate of drug-likeness (QED) is 0.733. The van der Waals surface area contributed by atoms with Crippen LogP contribution in [0.3, 0.4) is 0 Å². The Kier molecular flexibility index (Phi) is 3.42. The average molecular weight is 363 g/mol. The summed E-state index contributed by atoms with van der Waals surface area (Å²) in [6, 6.07) is 11.2. The lowest BCUT2D eigenvalue weighted by molar-refractivity contribution is 0.635. The van der Waals surface area contributed by atoms with Crippen LogP contribution < -0.4 is 15.8 Å². The third-order valence-corrected chi connectivity index (χ3v) is 6.14. The van der Waals surface area contributed by atoms with Gasteiger partial charge in [0.25, 0.3) is 0 Å². The van der Waals surface area contributed by atoms with Crippen molar-refractivity contribution in [2.75, 3.05) is 0 Å². The number of allylic oxidation sites excluding steroid dienone is 2. The highest BCUT2D eigenvalue weighted by molar-refractivity contribution is 5.84. The molecule has 2 N–H and O–H groups in total. The molecule has 0 amide bonds. The fourth-order valence-corrected chi connectivity index (χ4v) is 4.62. The van der Waals surface area contributed by atoms with Crippen LogP contribution in [0.25, 0.3) is 34.3 Å². The summed E-state index contributed by atoms with van der Waals surface area (Å²) < 4.78 is 0. The van der Waals surface area contributed by atoms with Crippen LogP contribution in [0.1, 0.15) is 6.42 Å². The number of pyridine rings is 1. The number of nitrogens with zero attached hydrogens (tertiary/aromatic N) is 1. The fraction of sp³-hybridized carbons (Fsp3) is 0.160. The van der Waals surface area contributed by atoms with E-state index in [0.29, 0.717) is 17.9 Å². The van der Waals surface area contributed by atoms with Crippen LogP contribution in [-0.4, -0.2) is 16.0 Å². The number of aromatic nitrogens is 2. The van der Waals surface area contributed by atoms with Crippen molar-refractivity contribution in [1.82, 2.24) is 15.3 Å². The summed E-state index contributed by atoms with van der Waals surface area (Å²) in [7, 11) is 0. The topological polar surface area (TPSA) is 40.7 Å². The highest BCUT2D eigenvalue weighted by atomic mass is 14.9. The van der Waals surface area contributed by atoms with Crippen molar-refractivity contribution >= 4 is 23.1 Å². The molecular formula is C25H21N3. The molecule has 0 saturated carbocycles. The van der Waals surface area contributed by atoms with E-state index < -0.39 is 0 Å². The Morgan fingerprint density at radius 2 is 2.04 bits per heavy atom. The van der Waals surface area contributed by atoms with Crippen molar-refractivity contribution in [2.45, 2.75) is 12.5 Å². The molecule has 3 nitrogen and oxygen atoms in total. The van der Waals surface area contributed by atoms with E-state index >= 15 is 0 Å². The molecular weight excluding hydrogens is 342 g/mol. The van der Waals surface area contributed by atoms with Crippen molar-refractivity contribution < 1.29 is 0 Å². The fourth-order valence-electron chi connectivity index (χ4n) is 4.62. The Morgan fingerprint density at radius 3 is 3.04 bits per heavy atom. The van der Waals surface area contributed by atoms with Crippen molar-refractivity contribution in [3.05, 3.63) is 89.2 Å². The lowest BCUT2D eigenvalue weighted by Crippen LogP contribution is -2.32. The minimum Gasteiger partial charge on any atom is -0.384 e. The number of hydrogen-bond donors (Lipinski definition) is 2. The van der Waals surface area contributed by atoms with E-state index in [4.69, 9.17) is 4.98 Å². The molecule has 1 aromatic carbocycles. The molecule has 0 bridgehead atoms. The number of aromatic amines is 1. The number of benzene rings is 1. The van der Waals surface area contributed by atoms with Crippen LogP contribution in [-0.2, 0) is 0 Å². The minimum atomic E-state index is 0.401. The second kappa shape index (κ2) is 6.10. The number of hydrogen-bond acceptors (Lipinski definition) is 2. The van der Waals surface area contributed by atoms with Gasteiger partial charge in [0.05, 0.1) is 11.7 Å². The molecule has 0 spiro atoms. The third-order valence-electron chi connectivity index (χ3n) is 6.14. The Morgan fingerprint density at radius 1 is 1.04 bits per heavy atom. The van der Waals surface area contributed by atoms with Crippen LogP contribution in [0, 0.1) is 11.8 Å². The smallest absolute Gasteiger partial charge is 0.0777 e. The largest absolute Gasteiger partial charge is 0.384 e. The molecule has 6 rings (SSSR count). The number of nitrogens with one attached hydrogen (secondary N) is 2. The van der Waals surface area contributed by atoms with Gasteiger partial charge in [-0.3, -0.25) is 4.98 Å². The predicted molar refractivity (Wildman–Crippen MR) is 115 cm³/mol. The molecule has 3 unspecified atom stereocenters. The maximum absolute atomic E-state index is 4.77. The Bertz CT molecular complexity index is 1290. The van der Waals surface area contributed by atoms with Gasteiger partial charge in [-0.15, -0.1) is 0 Å². The highest BCUT2D eigenvalue weighted by Gasteiger charge is 2.24. The van der Waals surface area contributed by atoms with Gasteiger partial charge >= 0.3 is 0 Å². The first-order valence-electron chi connectivity index (χ1n) is 9.92. The van der Waals surface area contributed by atoms with Gasteiger partial charge in [0.2, 0.25) is 0 Å². The van der Waals surface area contributed by atoms with Gasteiger partial charge in [-0.2, -0.15) is 0 Å². The summed E-state index contributed by atoms with van der Waals surface area (Å²) in [6.45, 7) is 0. The summed E-state index contributed by atoms with van der Waals surface area (Å²) in [5, 5.41) is 7.16. The van der Waals surface area contributed by atoms with E-state index in [0.717, 1.165) is 17.6 Å². The number of fused-ring (bicyclic) bond motifs is 3. The zero-order valence-corrected chi connectivity index (χ0v) is 15.5. The molecule has 0 saturated heterocycles. The van der Waals surface area contributed by atoms with Crippen LogP contribution in [0.4, 0.5) is 0 Å². The molecule has 3 aromatic rings. The standard InChI is InChI=1S/C25H21N3/c1-2-18(17-3-5-23-19(13-17)8-10-26-23)15-22-16(1)7-12-28-25(22)21-4-6-24-20(14-21)9-11-27-24/h1,3-15,18-19,23,26-27H,2H2. The van der Waals surface area contributed by atoms with Gasteiger partial charge < -0.3 is 10.3 Å². The molecule has 3 heteroatoms. The molecule has 1 aliphatic heterocycles. The van der Waals surface area contributed by atoms with E-state index in [-0.39, 0.29) is 0 Å². The second-order valence-corrected chi connectivity index (χ2v) is 7.81. The zero-order valence-electron chi connectivity index (χ0n) is 15.5. The summed E-state index contributed by atoms with van der Waals surface area (Å²) in [5.41, 5.74) is 4.81. The van der Waals surface area contributed by atoms with Crippen molar-refractivity contribution in [1.29, 1.82) is 0 Å². The van der Waals surface area contributed by atoms with Crippen molar-refractivity contribution in [3.8, 4) is 11.3 Å². The molecule has 2 aromatic heterocycles. The molecule has 3 aliphatic rings. The van der Waals surface area contributed by atoms with E-state index in [9.17, 15) is 0 Å². The van der Waals surface area contributed by atoms with Crippen molar-refractivity contribution in [3.63, 3.8) is 0 Å². The van der Waals surface area contributed by atoms with E-state index in [1.165, 1.54) is 27.0 Å². The summed E-state index contributed by atoms with van der Waals surface area (Å²) >= 11 is 0. The molecule has 0 fully saturated rings. The first kappa shape index (κ1) is 15.7. The molecule has 0 radical (unpaired) electrons. The molecule has 2 aliphatic carbocycles. The van der Waals surface area contributed by atoms with Gasteiger partial charge in [-0.25, -0.2) is 0 Å². The van der Waals surface area contributed by atoms with Crippen LogP contribution in [0.5, 0.6) is 0 Å². The van der Waals surface area contributed by atoms with E-state index in [1.807, 2.05) is 12.4 Å². The Labute approximate surface area is 163 Å².